The second kappa shape index (κ2) is 5.80. The molecule has 5 nitrogen and oxygen atoms in total. The maximum absolute atomic E-state index is 11.9. The number of carbonyl (C=O) groups excluding carboxylic acids is 1. The Balaban J connectivity index is 1.82. The minimum atomic E-state index is -0.514. The van der Waals surface area contributed by atoms with Crippen LogP contribution in [0.1, 0.15) is 26.2 Å². The number of ether oxygens (including phenoxy) is 3. The number of likely N-dealkylation sites (tertiary alicyclic amines) is 1. The Bertz CT molecular complexity index is 263. The normalized spacial score (nSPS) is 23.2. The number of amides is 1. The topological polar surface area (TPSA) is 48.0 Å². The van der Waals surface area contributed by atoms with Crippen LogP contribution in [0.15, 0.2) is 0 Å². The van der Waals surface area contributed by atoms with E-state index in [1.165, 1.54) is 0 Å². The number of nitrogens with zero attached hydrogens (tertiary/aromatic N) is 1. The van der Waals surface area contributed by atoms with E-state index in [1.807, 2.05) is 11.8 Å². The van der Waals surface area contributed by atoms with E-state index in [4.69, 9.17) is 14.2 Å². The highest BCUT2D eigenvalue weighted by Crippen LogP contribution is 2.30. The summed E-state index contributed by atoms with van der Waals surface area (Å²) in [6.45, 7) is 5.74. The first-order valence-corrected chi connectivity index (χ1v) is 6.39. The van der Waals surface area contributed by atoms with Crippen molar-refractivity contribution < 1.29 is 19.0 Å². The number of carbonyl (C=O) groups is 1. The van der Waals surface area contributed by atoms with Crippen molar-refractivity contribution in [3.8, 4) is 0 Å². The van der Waals surface area contributed by atoms with Gasteiger partial charge in [0, 0.05) is 19.6 Å². The van der Waals surface area contributed by atoms with Crippen molar-refractivity contribution >= 4 is 5.91 Å². The van der Waals surface area contributed by atoms with E-state index in [9.17, 15) is 4.79 Å². The van der Waals surface area contributed by atoms with Crippen LogP contribution < -0.4 is 0 Å². The predicted molar refractivity (Wildman–Crippen MR) is 61.6 cm³/mol. The van der Waals surface area contributed by atoms with Crippen LogP contribution >= 0.6 is 0 Å². The molecule has 0 aromatic heterocycles. The number of rotatable bonds is 4. The fraction of sp³-hybridized carbons (Fsp3) is 0.917. The fourth-order valence-electron chi connectivity index (χ4n) is 2.40. The average molecular weight is 243 g/mol. The highest BCUT2D eigenvalue weighted by molar-refractivity contribution is 5.76. The summed E-state index contributed by atoms with van der Waals surface area (Å²) in [6.07, 6.45) is 2.28. The Morgan fingerprint density at radius 3 is 2.88 bits per heavy atom. The molecule has 0 N–H and O–H groups in total. The molecule has 2 aliphatic rings. The maximum atomic E-state index is 11.9. The van der Waals surface area contributed by atoms with Gasteiger partial charge in [0.05, 0.1) is 32.8 Å². The zero-order valence-electron chi connectivity index (χ0n) is 10.4. The van der Waals surface area contributed by atoms with Crippen LogP contribution in [0, 0.1) is 0 Å². The molecule has 0 saturated carbocycles. The number of hydrogen-bond donors (Lipinski definition) is 0. The van der Waals surface area contributed by atoms with E-state index in [2.05, 4.69) is 0 Å². The number of hydrogen-bond acceptors (Lipinski definition) is 4. The van der Waals surface area contributed by atoms with Crippen LogP contribution in [0.5, 0.6) is 0 Å². The monoisotopic (exact) mass is 243 g/mol. The maximum Gasteiger partial charge on any atom is 0.225 e. The minimum absolute atomic E-state index is 0.136. The Morgan fingerprint density at radius 2 is 2.18 bits per heavy atom. The van der Waals surface area contributed by atoms with Gasteiger partial charge < -0.3 is 19.1 Å². The molecule has 2 rings (SSSR count). The predicted octanol–water partition coefficient (Wildman–Crippen LogP) is 0.778. The first-order chi connectivity index (χ1) is 8.26. The third-order valence-corrected chi connectivity index (χ3v) is 3.25. The summed E-state index contributed by atoms with van der Waals surface area (Å²) in [5, 5.41) is 0. The first kappa shape index (κ1) is 12.8. The van der Waals surface area contributed by atoms with Crippen LogP contribution in [0.4, 0.5) is 0 Å². The van der Waals surface area contributed by atoms with E-state index < -0.39 is 5.79 Å². The van der Waals surface area contributed by atoms with Crippen LogP contribution in [0.2, 0.25) is 0 Å². The smallest absolute Gasteiger partial charge is 0.225 e. The third kappa shape index (κ3) is 3.18. The van der Waals surface area contributed by atoms with Gasteiger partial charge in [0.15, 0.2) is 5.79 Å². The second-order valence-electron chi connectivity index (χ2n) is 4.47. The van der Waals surface area contributed by atoms with Crippen LogP contribution in [-0.2, 0) is 19.0 Å². The first-order valence-electron chi connectivity index (χ1n) is 6.39. The van der Waals surface area contributed by atoms with Gasteiger partial charge in [-0.1, -0.05) is 0 Å². The van der Waals surface area contributed by atoms with Crippen molar-refractivity contribution in [3.63, 3.8) is 0 Å². The Labute approximate surface area is 102 Å². The van der Waals surface area contributed by atoms with Crippen molar-refractivity contribution in [1.29, 1.82) is 0 Å². The number of piperidine rings is 1. The van der Waals surface area contributed by atoms with Crippen LogP contribution in [0.25, 0.3) is 0 Å². The molecule has 0 aromatic rings. The quantitative estimate of drug-likeness (QED) is 0.685. The molecule has 98 valence electrons. The third-order valence-electron chi connectivity index (χ3n) is 3.25. The summed E-state index contributed by atoms with van der Waals surface area (Å²) >= 11 is 0. The molecule has 2 aliphatic heterocycles. The summed E-state index contributed by atoms with van der Waals surface area (Å²) in [6, 6.07) is 0. The van der Waals surface area contributed by atoms with Crippen molar-refractivity contribution in [2.24, 2.45) is 0 Å². The van der Waals surface area contributed by atoms with E-state index in [-0.39, 0.29) is 5.91 Å². The van der Waals surface area contributed by atoms with Gasteiger partial charge in [-0.15, -0.1) is 0 Å². The molecule has 0 atom stereocenters. The van der Waals surface area contributed by atoms with E-state index >= 15 is 0 Å². The van der Waals surface area contributed by atoms with Crippen molar-refractivity contribution in [3.05, 3.63) is 0 Å². The highest BCUT2D eigenvalue weighted by atomic mass is 16.7. The molecule has 0 aromatic carbocycles. The average Bonchev–Trinajstić information content (AvgIpc) is 2.77. The molecule has 2 saturated heterocycles. The fourth-order valence-corrected chi connectivity index (χ4v) is 2.40. The van der Waals surface area contributed by atoms with Crippen molar-refractivity contribution in [2.45, 2.75) is 32.0 Å². The summed E-state index contributed by atoms with van der Waals surface area (Å²) in [7, 11) is 0. The lowest BCUT2D eigenvalue weighted by atomic mass is 10.0. The van der Waals surface area contributed by atoms with Gasteiger partial charge in [-0.05, 0) is 13.3 Å². The van der Waals surface area contributed by atoms with Gasteiger partial charge in [0.1, 0.15) is 0 Å². The molecule has 2 heterocycles. The van der Waals surface area contributed by atoms with Crippen molar-refractivity contribution in [1.82, 2.24) is 4.90 Å². The van der Waals surface area contributed by atoms with Gasteiger partial charge in [-0.3, -0.25) is 4.79 Å². The summed E-state index contributed by atoms with van der Waals surface area (Å²) in [5.74, 6) is -0.379. The van der Waals surface area contributed by atoms with E-state index in [0.29, 0.717) is 39.4 Å². The van der Waals surface area contributed by atoms with Gasteiger partial charge in [0.2, 0.25) is 5.91 Å². The summed E-state index contributed by atoms with van der Waals surface area (Å²) in [4.78, 5) is 13.8. The molecule has 0 bridgehead atoms. The second-order valence-corrected chi connectivity index (χ2v) is 4.47. The lowest BCUT2D eigenvalue weighted by Crippen LogP contribution is -2.51. The van der Waals surface area contributed by atoms with E-state index in [1.54, 1.807) is 0 Å². The lowest BCUT2D eigenvalue weighted by Gasteiger charge is -2.38. The molecule has 1 spiro atoms. The minimum Gasteiger partial charge on any atom is -0.381 e. The molecular weight excluding hydrogens is 222 g/mol. The van der Waals surface area contributed by atoms with Crippen LogP contribution in [-0.4, -0.2) is 56.1 Å². The van der Waals surface area contributed by atoms with Gasteiger partial charge >= 0.3 is 0 Å². The summed E-state index contributed by atoms with van der Waals surface area (Å²) in [5.41, 5.74) is 0. The van der Waals surface area contributed by atoms with Crippen molar-refractivity contribution in [2.75, 3.05) is 39.5 Å². The zero-order chi connectivity index (χ0) is 12.1. The standard InChI is InChI=1S/C12H21NO4/c1-2-15-7-4-11(14)13-6-3-5-12(10-13)16-8-9-17-12/h2-10H2,1H3. The molecule has 17 heavy (non-hydrogen) atoms. The van der Waals surface area contributed by atoms with E-state index in [0.717, 1.165) is 19.4 Å². The molecule has 0 unspecified atom stereocenters. The molecule has 0 radical (unpaired) electrons. The molecular formula is C12H21NO4. The molecule has 1 amide bonds. The Kier molecular flexibility index (Phi) is 4.36. The zero-order valence-corrected chi connectivity index (χ0v) is 10.4. The molecule has 5 heteroatoms. The highest BCUT2D eigenvalue weighted by Gasteiger charge is 2.41. The molecule has 2 fully saturated rings. The lowest BCUT2D eigenvalue weighted by molar-refractivity contribution is -0.193. The largest absolute Gasteiger partial charge is 0.381 e. The SMILES string of the molecule is CCOCCC(=O)N1CCCC2(C1)OCCO2. The van der Waals surface area contributed by atoms with Crippen LogP contribution in [0.3, 0.4) is 0 Å². The van der Waals surface area contributed by atoms with Gasteiger partial charge in [-0.2, -0.15) is 0 Å². The van der Waals surface area contributed by atoms with Gasteiger partial charge in [-0.25, -0.2) is 0 Å². The Hall–Kier alpha value is -0.650. The Morgan fingerprint density at radius 1 is 1.41 bits per heavy atom. The summed E-state index contributed by atoms with van der Waals surface area (Å²) < 4.78 is 16.5. The molecule has 0 aliphatic carbocycles. The van der Waals surface area contributed by atoms with Gasteiger partial charge in [0.25, 0.3) is 0 Å².